The van der Waals surface area contributed by atoms with Gasteiger partial charge in [0.05, 0.1) is 4.90 Å². The molecular weight excluding hydrogens is 424 g/mol. The molecule has 1 atom stereocenters. The van der Waals surface area contributed by atoms with Crippen molar-refractivity contribution in [2.24, 2.45) is 0 Å². The van der Waals surface area contributed by atoms with Gasteiger partial charge >= 0.3 is 0 Å². The second-order valence-corrected chi connectivity index (χ2v) is 10.7. The lowest BCUT2D eigenvalue weighted by Gasteiger charge is -2.32. The monoisotopic (exact) mass is 456 g/mol. The Labute approximate surface area is 191 Å². The average Bonchev–Trinajstić information content (AvgIpc) is 3.27. The summed E-state index contributed by atoms with van der Waals surface area (Å²) in [6.45, 7) is 7.29. The summed E-state index contributed by atoms with van der Waals surface area (Å²) < 4.78 is 27.6. The molecule has 8 heteroatoms. The minimum absolute atomic E-state index is 0.233. The number of amides is 1. The molecule has 0 bridgehead atoms. The van der Waals surface area contributed by atoms with Gasteiger partial charge in [-0.25, -0.2) is 8.42 Å². The first-order valence-electron chi connectivity index (χ1n) is 11.2. The van der Waals surface area contributed by atoms with E-state index in [0.717, 1.165) is 43.9 Å². The second-order valence-electron chi connectivity index (χ2n) is 8.86. The highest BCUT2D eigenvalue weighted by Crippen LogP contribution is 2.27. The van der Waals surface area contributed by atoms with Crippen LogP contribution in [0, 0.1) is 6.92 Å². The minimum atomic E-state index is -3.71. The van der Waals surface area contributed by atoms with Gasteiger partial charge in [-0.2, -0.15) is 4.31 Å². The Balaban J connectivity index is 1.43. The number of aryl methyl sites for hydroxylation is 1. The maximum atomic E-state index is 13.1. The molecule has 0 unspecified atom stereocenters. The molecule has 4 rings (SSSR count). The number of benzene rings is 2. The van der Waals surface area contributed by atoms with Crippen LogP contribution < -0.4 is 5.32 Å². The van der Waals surface area contributed by atoms with Crippen LogP contribution in [0.4, 0.5) is 5.69 Å². The maximum absolute atomic E-state index is 13.1. The number of anilines is 1. The molecule has 2 fully saturated rings. The zero-order valence-electron chi connectivity index (χ0n) is 18.8. The Morgan fingerprint density at radius 2 is 1.75 bits per heavy atom. The van der Waals surface area contributed by atoms with E-state index in [9.17, 15) is 13.2 Å². The first-order chi connectivity index (χ1) is 15.3. The lowest BCUT2D eigenvalue weighted by molar-refractivity contribution is -0.119. The summed E-state index contributed by atoms with van der Waals surface area (Å²) in [6.07, 6.45) is 1.20. The molecule has 0 spiro atoms. The number of nitrogens with one attached hydrogen (secondary N) is 1. The average molecular weight is 457 g/mol. The molecule has 0 aliphatic carbocycles. The first-order valence-corrected chi connectivity index (χ1v) is 12.7. The van der Waals surface area contributed by atoms with Gasteiger partial charge in [-0.3, -0.25) is 9.69 Å². The summed E-state index contributed by atoms with van der Waals surface area (Å²) in [7, 11) is -1.57. The van der Waals surface area contributed by atoms with Crippen LogP contribution in [-0.4, -0.2) is 74.2 Å². The molecule has 2 aromatic rings. The molecule has 172 valence electrons. The number of carbonyl (C=O) groups is 1. The summed E-state index contributed by atoms with van der Waals surface area (Å²) in [4.78, 5) is 18.0. The molecule has 2 heterocycles. The highest BCUT2D eigenvalue weighted by molar-refractivity contribution is 7.89. The van der Waals surface area contributed by atoms with Gasteiger partial charge in [-0.1, -0.05) is 29.8 Å². The molecule has 2 aliphatic heterocycles. The molecule has 0 aromatic heterocycles. The van der Waals surface area contributed by atoms with Crippen molar-refractivity contribution in [1.29, 1.82) is 0 Å². The summed E-state index contributed by atoms with van der Waals surface area (Å²) >= 11 is 0. The molecule has 2 aromatic carbocycles. The lowest BCUT2D eigenvalue weighted by Crippen LogP contribution is -2.44. The SMILES string of the molecule is Cc1ccc(S(=O)(=O)N2CCC[C@H]2C(=O)Nc2cccc(CN3CCN(C)CC3)c2)cc1. The third kappa shape index (κ3) is 5.20. The molecule has 0 radical (unpaired) electrons. The van der Waals surface area contributed by atoms with Crippen molar-refractivity contribution >= 4 is 21.6 Å². The maximum Gasteiger partial charge on any atom is 0.243 e. The van der Waals surface area contributed by atoms with Crippen LogP contribution in [0.25, 0.3) is 0 Å². The lowest BCUT2D eigenvalue weighted by atomic mass is 10.1. The van der Waals surface area contributed by atoms with Gasteiger partial charge in [0.1, 0.15) is 6.04 Å². The van der Waals surface area contributed by atoms with Gasteiger partial charge in [0.25, 0.3) is 0 Å². The quantitative estimate of drug-likeness (QED) is 0.723. The van der Waals surface area contributed by atoms with E-state index in [1.807, 2.05) is 25.1 Å². The summed E-state index contributed by atoms with van der Waals surface area (Å²) in [5.74, 6) is -0.269. The number of likely N-dealkylation sites (N-methyl/N-ethyl adjacent to an activating group) is 1. The van der Waals surface area contributed by atoms with E-state index in [0.29, 0.717) is 25.1 Å². The fraction of sp³-hybridized carbons (Fsp3) is 0.458. The van der Waals surface area contributed by atoms with E-state index in [1.165, 1.54) is 4.31 Å². The van der Waals surface area contributed by atoms with E-state index in [1.54, 1.807) is 24.3 Å². The number of carbonyl (C=O) groups excluding carboxylic acids is 1. The molecule has 32 heavy (non-hydrogen) atoms. The molecule has 2 saturated heterocycles. The highest BCUT2D eigenvalue weighted by atomic mass is 32.2. The van der Waals surface area contributed by atoms with Crippen molar-refractivity contribution in [3.63, 3.8) is 0 Å². The van der Waals surface area contributed by atoms with E-state index >= 15 is 0 Å². The Bertz CT molecular complexity index is 1050. The summed E-state index contributed by atoms with van der Waals surface area (Å²) in [5.41, 5.74) is 2.85. The van der Waals surface area contributed by atoms with Crippen LogP contribution in [0.1, 0.15) is 24.0 Å². The number of piperazine rings is 1. The molecule has 1 amide bonds. The van der Waals surface area contributed by atoms with Gasteiger partial charge in [-0.05, 0) is 56.6 Å². The third-order valence-corrected chi connectivity index (χ3v) is 8.25. The summed E-state index contributed by atoms with van der Waals surface area (Å²) in [6, 6.07) is 14.0. The van der Waals surface area contributed by atoms with E-state index in [-0.39, 0.29) is 10.8 Å². The van der Waals surface area contributed by atoms with E-state index < -0.39 is 16.1 Å². The van der Waals surface area contributed by atoms with Crippen LogP contribution in [0.15, 0.2) is 53.4 Å². The van der Waals surface area contributed by atoms with Gasteiger partial charge in [0.15, 0.2) is 0 Å². The van der Waals surface area contributed by atoms with Crippen molar-refractivity contribution in [3.05, 3.63) is 59.7 Å². The molecule has 7 nitrogen and oxygen atoms in total. The van der Waals surface area contributed by atoms with Crippen molar-refractivity contribution in [3.8, 4) is 0 Å². The highest BCUT2D eigenvalue weighted by Gasteiger charge is 2.39. The summed E-state index contributed by atoms with van der Waals surface area (Å²) in [5, 5.41) is 2.96. The Kier molecular flexibility index (Phi) is 6.95. The number of hydrogen-bond acceptors (Lipinski definition) is 5. The van der Waals surface area contributed by atoms with Crippen LogP contribution in [0.3, 0.4) is 0 Å². The normalized spacial score (nSPS) is 21.0. The fourth-order valence-corrected chi connectivity index (χ4v) is 6.03. The van der Waals surface area contributed by atoms with Gasteiger partial charge < -0.3 is 10.2 Å². The van der Waals surface area contributed by atoms with Crippen LogP contribution >= 0.6 is 0 Å². The van der Waals surface area contributed by atoms with Gasteiger partial charge in [-0.15, -0.1) is 0 Å². The molecule has 0 saturated carbocycles. The first kappa shape index (κ1) is 22.9. The zero-order chi connectivity index (χ0) is 22.7. The van der Waals surface area contributed by atoms with E-state index in [2.05, 4.69) is 28.2 Å². The number of sulfonamides is 1. The number of nitrogens with zero attached hydrogens (tertiary/aromatic N) is 3. The fourth-order valence-electron chi connectivity index (χ4n) is 4.37. The molecule has 1 N–H and O–H groups in total. The molecule has 2 aliphatic rings. The third-order valence-electron chi connectivity index (χ3n) is 6.33. The minimum Gasteiger partial charge on any atom is -0.325 e. The van der Waals surface area contributed by atoms with Crippen LogP contribution in [0.5, 0.6) is 0 Å². The predicted octanol–water partition coefficient (Wildman–Crippen LogP) is 2.53. The van der Waals surface area contributed by atoms with Crippen molar-refractivity contribution in [1.82, 2.24) is 14.1 Å². The second kappa shape index (κ2) is 9.70. The standard InChI is InChI=1S/C24H32N4O3S/c1-19-8-10-22(11-9-19)32(30,31)28-12-4-7-23(28)24(29)25-21-6-3-5-20(17-21)18-27-15-13-26(2)14-16-27/h3,5-6,8-11,17,23H,4,7,12-16,18H2,1-2H3,(H,25,29)/t23-/m0/s1. The Morgan fingerprint density at radius 1 is 1.03 bits per heavy atom. The zero-order valence-corrected chi connectivity index (χ0v) is 19.6. The van der Waals surface area contributed by atoms with Gasteiger partial charge in [0.2, 0.25) is 15.9 Å². The molecular formula is C24H32N4O3S. The number of hydrogen-bond donors (Lipinski definition) is 1. The van der Waals surface area contributed by atoms with Crippen molar-refractivity contribution in [2.45, 2.75) is 37.2 Å². The Hall–Kier alpha value is -2.26. The van der Waals surface area contributed by atoms with Crippen LogP contribution in [0.2, 0.25) is 0 Å². The van der Waals surface area contributed by atoms with Crippen molar-refractivity contribution in [2.75, 3.05) is 45.1 Å². The Morgan fingerprint density at radius 3 is 2.47 bits per heavy atom. The largest absolute Gasteiger partial charge is 0.325 e. The topological polar surface area (TPSA) is 73.0 Å². The number of rotatable bonds is 6. The predicted molar refractivity (Wildman–Crippen MR) is 126 cm³/mol. The van der Waals surface area contributed by atoms with Crippen molar-refractivity contribution < 1.29 is 13.2 Å². The van der Waals surface area contributed by atoms with Crippen LogP contribution in [-0.2, 0) is 21.4 Å². The van der Waals surface area contributed by atoms with E-state index in [4.69, 9.17) is 0 Å². The smallest absolute Gasteiger partial charge is 0.243 e. The van der Waals surface area contributed by atoms with Gasteiger partial charge in [0, 0.05) is 45.0 Å².